The minimum atomic E-state index is -2.89. The second-order valence-electron chi connectivity index (χ2n) is 3.35. The van der Waals surface area contributed by atoms with Crippen molar-refractivity contribution in [3.05, 3.63) is 34.3 Å². The second-order valence-corrected chi connectivity index (χ2v) is 4.91. The Morgan fingerprint density at radius 1 is 1.44 bits per heavy atom. The molecule has 0 amide bonds. The minimum absolute atomic E-state index is 0.0484. The first-order valence-electron chi connectivity index (χ1n) is 4.99. The van der Waals surface area contributed by atoms with E-state index in [9.17, 15) is 8.78 Å². The van der Waals surface area contributed by atoms with Crippen LogP contribution in [-0.4, -0.2) is 11.6 Å². The molecule has 3 nitrogen and oxygen atoms in total. The largest absolute Gasteiger partial charge is 0.434 e. The van der Waals surface area contributed by atoms with Gasteiger partial charge in [0.1, 0.15) is 10.8 Å². The van der Waals surface area contributed by atoms with Gasteiger partial charge in [-0.15, -0.1) is 11.3 Å². The van der Waals surface area contributed by atoms with Crippen molar-refractivity contribution in [1.29, 1.82) is 0 Å². The number of aromatic nitrogens is 1. The number of thiazole rings is 1. The van der Waals surface area contributed by atoms with Crippen LogP contribution in [0.5, 0.6) is 5.75 Å². The number of benzene rings is 1. The van der Waals surface area contributed by atoms with Gasteiger partial charge < -0.3 is 10.5 Å². The highest BCUT2D eigenvalue weighted by atomic mass is 35.5. The molecule has 1 aromatic carbocycles. The fourth-order valence-electron chi connectivity index (χ4n) is 1.39. The van der Waals surface area contributed by atoms with E-state index in [1.807, 2.05) is 0 Å². The van der Waals surface area contributed by atoms with E-state index >= 15 is 0 Å². The molecule has 7 heteroatoms. The Kier molecular flexibility index (Phi) is 4.11. The highest BCUT2D eigenvalue weighted by Crippen LogP contribution is 2.35. The molecule has 0 atom stereocenters. The maximum Gasteiger partial charge on any atom is 0.387 e. The van der Waals surface area contributed by atoms with Crippen molar-refractivity contribution in [3.63, 3.8) is 0 Å². The van der Waals surface area contributed by atoms with Crippen LogP contribution in [0, 0.1) is 0 Å². The fourth-order valence-corrected chi connectivity index (χ4v) is 2.38. The van der Waals surface area contributed by atoms with Crippen molar-refractivity contribution in [2.45, 2.75) is 13.2 Å². The summed E-state index contributed by atoms with van der Waals surface area (Å²) in [5, 5.41) is 0.977. The third-order valence-corrected chi connectivity index (χ3v) is 3.43. The lowest BCUT2D eigenvalue weighted by molar-refractivity contribution is -0.0494. The van der Waals surface area contributed by atoms with Gasteiger partial charge in [0.2, 0.25) is 0 Å². The summed E-state index contributed by atoms with van der Waals surface area (Å²) in [5.41, 5.74) is 5.92. The fraction of sp³-hybridized carbons (Fsp3) is 0.182. The third-order valence-electron chi connectivity index (χ3n) is 2.14. The average molecular weight is 291 g/mol. The summed E-state index contributed by atoms with van der Waals surface area (Å²) in [6.45, 7) is -2.54. The van der Waals surface area contributed by atoms with Gasteiger partial charge in [-0.25, -0.2) is 4.98 Å². The summed E-state index contributed by atoms with van der Waals surface area (Å²) in [6.07, 6.45) is 1.60. The summed E-state index contributed by atoms with van der Waals surface area (Å²) in [7, 11) is 0. The number of alkyl halides is 2. The number of rotatable bonds is 4. The maximum absolute atomic E-state index is 12.3. The van der Waals surface area contributed by atoms with E-state index in [0.29, 0.717) is 22.1 Å². The first kappa shape index (κ1) is 13.2. The van der Waals surface area contributed by atoms with Crippen molar-refractivity contribution >= 4 is 22.9 Å². The van der Waals surface area contributed by atoms with Crippen molar-refractivity contribution in [1.82, 2.24) is 4.98 Å². The van der Waals surface area contributed by atoms with Gasteiger partial charge in [0.05, 0.1) is 5.56 Å². The molecule has 96 valence electrons. The Labute approximate surface area is 111 Å². The summed E-state index contributed by atoms with van der Waals surface area (Å²) in [5.74, 6) is 0.0484. The Bertz CT molecular complexity index is 548. The van der Waals surface area contributed by atoms with Gasteiger partial charge in [0.15, 0.2) is 0 Å². The lowest BCUT2D eigenvalue weighted by atomic mass is 10.2. The van der Waals surface area contributed by atoms with Crippen LogP contribution in [-0.2, 0) is 6.54 Å². The second kappa shape index (κ2) is 5.60. The number of hydrogen-bond acceptors (Lipinski definition) is 4. The monoisotopic (exact) mass is 290 g/mol. The van der Waals surface area contributed by atoms with E-state index in [0.717, 1.165) is 4.88 Å². The molecule has 2 rings (SSSR count). The first-order valence-corrected chi connectivity index (χ1v) is 6.19. The molecule has 0 aliphatic carbocycles. The van der Waals surface area contributed by atoms with E-state index in [1.54, 1.807) is 12.3 Å². The van der Waals surface area contributed by atoms with Gasteiger partial charge in [-0.3, -0.25) is 0 Å². The molecule has 0 saturated heterocycles. The van der Waals surface area contributed by atoms with E-state index < -0.39 is 6.61 Å². The molecule has 0 bridgehead atoms. The molecular formula is C11H9ClF2N2OS. The van der Waals surface area contributed by atoms with Gasteiger partial charge >= 0.3 is 6.61 Å². The van der Waals surface area contributed by atoms with Gasteiger partial charge in [-0.2, -0.15) is 8.78 Å². The molecule has 0 saturated carbocycles. The van der Waals surface area contributed by atoms with Gasteiger partial charge in [-0.1, -0.05) is 11.6 Å². The predicted octanol–water partition coefficient (Wildman–Crippen LogP) is 3.52. The standard InChI is InChI=1S/C11H9ClF2N2OS/c12-6-1-2-9(17-11(13)14)8(3-6)10-16-5-7(4-15)18-10/h1-3,5,11H,4,15H2. The number of nitrogens with zero attached hydrogens (tertiary/aromatic N) is 1. The summed E-state index contributed by atoms with van der Waals surface area (Å²) in [4.78, 5) is 4.98. The van der Waals surface area contributed by atoms with Crippen molar-refractivity contribution in [2.24, 2.45) is 5.73 Å². The van der Waals surface area contributed by atoms with Gasteiger partial charge in [0, 0.05) is 22.6 Å². The molecule has 0 spiro atoms. The SMILES string of the molecule is NCc1cnc(-c2cc(Cl)ccc2OC(F)F)s1. The van der Waals surface area contributed by atoms with Crippen LogP contribution in [0.3, 0.4) is 0 Å². The van der Waals surface area contributed by atoms with Crippen molar-refractivity contribution < 1.29 is 13.5 Å². The normalized spacial score (nSPS) is 10.9. The zero-order valence-corrected chi connectivity index (χ0v) is 10.6. The Balaban J connectivity index is 2.43. The first-order chi connectivity index (χ1) is 8.60. The molecule has 2 N–H and O–H groups in total. The quantitative estimate of drug-likeness (QED) is 0.937. The third kappa shape index (κ3) is 2.95. The number of halogens is 3. The van der Waals surface area contributed by atoms with Gasteiger partial charge in [0.25, 0.3) is 0 Å². The van der Waals surface area contributed by atoms with Crippen LogP contribution in [0.2, 0.25) is 5.02 Å². The highest BCUT2D eigenvalue weighted by Gasteiger charge is 2.14. The molecule has 0 radical (unpaired) electrons. The topological polar surface area (TPSA) is 48.1 Å². The number of ether oxygens (including phenoxy) is 1. The number of hydrogen-bond donors (Lipinski definition) is 1. The van der Waals surface area contributed by atoms with E-state index in [4.69, 9.17) is 17.3 Å². The number of nitrogens with two attached hydrogens (primary N) is 1. The van der Waals surface area contributed by atoms with E-state index in [1.165, 1.54) is 23.5 Å². The highest BCUT2D eigenvalue weighted by molar-refractivity contribution is 7.15. The van der Waals surface area contributed by atoms with Gasteiger partial charge in [-0.05, 0) is 18.2 Å². The van der Waals surface area contributed by atoms with Crippen molar-refractivity contribution in [2.75, 3.05) is 0 Å². The van der Waals surface area contributed by atoms with Crippen LogP contribution >= 0.6 is 22.9 Å². The predicted molar refractivity (Wildman–Crippen MR) is 67.1 cm³/mol. The Morgan fingerprint density at radius 2 is 2.22 bits per heavy atom. The van der Waals surface area contributed by atoms with E-state index in [2.05, 4.69) is 9.72 Å². The van der Waals surface area contributed by atoms with Crippen LogP contribution in [0.15, 0.2) is 24.4 Å². The average Bonchev–Trinajstić information content (AvgIpc) is 2.79. The van der Waals surface area contributed by atoms with Crippen LogP contribution < -0.4 is 10.5 Å². The summed E-state index contributed by atoms with van der Waals surface area (Å²) in [6, 6.07) is 4.42. The molecule has 0 fully saturated rings. The zero-order valence-electron chi connectivity index (χ0n) is 9.07. The summed E-state index contributed by atoms with van der Waals surface area (Å²) < 4.78 is 29.0. The lowest BCUT2D eigenvalue weighted by Crippen LogP contribution is -2.03. The molecule has 1 heterocycles. The molecule has 18 heavy (non-hydrogen) atoms. The van der Waals surface area contributed by atoms with Crippen LogP contribution in [0.25, 0.3) is 10.6 Å². The molecule has 1 aromatic heterocycles. The van der Waals surface area contributed by atoms with E-state index in [-0.39, 0.29) is 5.75 Å². The van der Waals surface area contributed by atoms with Crippen LogP contribution in [0.4, 0.5) is 8.78 Å². The lowest BCUT2D eigenvalue weighted by Gasteiger charge is -2.09. The maximum atomic E-state index is 12.3. The molecule has 0 unspecified atom stereocenters. The molecular weight excluding hydrogens is 282 g/mol. The molecule has 0 aliphatic heterocycles. The smallest absolute Gasteiger partial charge is 0.387 e. The summed E-state index contributed by atoms with van der Waals surface area (Å²) >= 11 is 7.17. The van der Waals surface area contributed by atoms with Crippen LogP contribution in [0.1, 0.15) is 4.88 Å². The Hall–Kier alpha value is -1.24. The zero-order chi connectivity index (χ0) is 13.1. The minimum Gasteiger partial charge on any atom is -0.434 e. The molecule has 0 aliphatic rings. The van der Waals surface area contributed by atoms with Crippen molar-refractivity contribution in [3.8, 4) is 16.3 Å². The Morgan fingerprint density at radius 3 is 2.83 bits per heavy atom. The molecule has 2 aromatic rings.